The number of Topliss-reactive ketones (excluding diaryl/α,β-unsaturated/α-hetero) is 1. The van der Waals surface area contributed by atoms with Crippen molar-refractivity contribution in [1.29, 1.82) is 0 Å². The first-order valence-electron chi connectivity index (χ1n) is 9.37. The Balaban J connectivity index is 1.96. The quantitative estimate of drug-likeness (QED) is 0.676. The summed E-state index contributed by atoms with van der Waals surface area (Å²) in [7, 11) is 1.95. The van der Waals surface area contributed by atoms with Crippen molar-refractivity contribution in [2.75, 3.05) is 6.61 Å². The second-order valence-corrected chi connectivity index (χ2v) is 7.79. The predicted molar refractivity (Wildman–Crippen MR) is 107 cm³/mol. The molecule has 0 aliphatic heterocycles. The largest absolute Gasteiger partial charge is 0.394 e. The number of aliphatic hydroxyl groups excluding tert-OH is 1. The number of nitrogens with zero attached hydrogens (tertiary/aromatic N) is 1. The minimum Gasteiger partial charge on any atom is -0.394 e. The summed E-state index contributed by atoms with van der Waals surface area (Å²) in [5.74, 6) is 0.187. The Hall–Kier alpha value is -1.91. The third-order valence-corrected chi connectivity index (χ3v) is 5.14. The molecular formula is C22H32N2O2. The summed E-state index contributed by atoms with van der Waals surface area (Å²) in [6.07, 6.45) is 3.77. The molecule has 4 heteroatoms. The summed E-state index contributed by atoms with van der Waals surface area (Å²) < 4.78 is 2.00. The highest BCUT2D eigenvalue weighted by atomic mass is 16.3. The van der Waals surface area contributed by atoms with Crippen molar-refractivity contribution in [3.63, 3.8) is 0 Å². The van der Waals surface area contributed by atoms with Crippen molar-refractivity contribution in [2.24, 2.45) is 12.8 Å². The molecule has 0 saturated carbocycles. The molecule has 0 spiro atoms. The first-order valence-corrected chi connectivity index (χ1v) is 9.37. The van der Waals surface area contributed by atoms with Crippen LogP contribution in [0.15, 0.2) is 30.3 Å². The molecule has 0 bridgehead atoms. The minimum absolute atomic E-state index is 0.0404. The number of aryl methyl sites for hydroxylation is 3. The van der Waals surface area contributed by atoms with Crippen LogP contribution in [0.25, 0.3) is 0 Å². The Bertz CT molecular complexity index is 742. The molecule has 2 aromatic rings. The highest BCUT2D eigenvalue weighted by Gasteiger charge is 2.20. The van der Waals surface area contributed by atoms with E-state index in [0.717, 1.165) is 36.2 Å². The van der Waals surface area contributed by atoms with E-state index in [0.29, 0.717) is 12.8 Å². The molecule has 3 N–H and O–H groups in total. The molecule has 0 aliphatic rings. The fraction of sp³-hybridized carbons (Fsp3) is 0.500. The molecule has 1 aromatic heterocycles. The molecule has 0 fully saturated rings. The number of aromatic nitrogens is 1. The van der Waals surface area contributed by atoms with E-state index in [1.54, 1.807) is 0 Å². The van der Waals surface area contributed by atoms with Crippen LogP contribution in [-0.4, -0.2) is 27.6 Å². The monoisotopic (exact) mass is 356 g/mol. The van der Waals surface area contributed by atoms with E-state index in [9.17, 15) is 9.90 Å². The fourth-order valence-corrected chi connectivity index (χ4v) is 3.25. The highest BCUT2D eigenvalue weighted by molar-refractivity contribution is 5.95. The topological polar surface area (TPSA) is 68.2 Å². The van der Waals surface area contributed by atoms with Crippen LogP contribution < -0.4 is 5.73 Å². The zero-order valence-corrected chi connectivity index (χ0v) is 16.5. The molecule has 1 atom stereocenters. The molecule has 4 nitrogen and oxygen atoms in total. The first kappa shape index (κ1) is 20.4. The van der Waals surface area contributed by atoms with E-state index in [-0.39, 0.29) is 12.4 Å². The van der Waals surface area contributed by atoms with Gasteiger partial charge in [-0.05, 0) is 63.6 Å². The lowest BCUT2D eigenvalue weighted by Gasteiger charge is -2.22. The molecule has 2 rings (SSSR count). The smallest absolute Gasteiger partial charge is 0.179 e. The van der Waals surface area contributed by atoms with E-state index in [4.69, 9.17) is 5.73 Å². The molecule has 26 heavy (non-hydrogen) atoms. The number of hydrogen-bond donors (Lipinski definition) is 2. The van der Waals surface area contributed by atoms with Gasteiger partial charge in [-0.25, -0.2) is 0 Å². The molecule has 1 heterocycles. The zero-order chi connectivity index (χ0) is 19.3. The fourth-order valence-electron chi connectivity index (χ4n) is 3.25. The molecule has 0 amide bonds. The lowest BCUT2D eigenvalue weighted by atomic mass is 9.96. The molecular weight excluding hydrogens is 324 g/mol. The summed E-state index contributed by atoms with van der Waals surface area (Å²) in [5.41, 5.74) is 11.0. The lowest BCUT2D eigenvalue weighted by molar-refractivity contribution is 0.0972. The number of nitrogens with two attached hydrogens (primary N) is 1. The maximum absolute atomic E-state index is 12.6. The van der Waals surface area contributed by atoms with Crippen molar-refractivity contribution in [3.8, 4) is 0 Å². The van der Waals surface area contributed by atoms with Gasteiger partial charge in [0.1, 0.15) is 0 Å². The second kappa shape index (κ2) is 8.65. The number of rotatable bonds is 9. The number of ketones is 1. The Morgan fingerprint density at radius 1 is 1.19 bits per heavy atom. The van der Waals surface area contributed by atoms with Crippen LogP contribution in [-0.2, 0) is 19.9 Å². The van der Waals surface area contributed by atoms with E-state index < -0.39 is 5.54 Å². The van der Waals surface area contributed by atoms with Gasteiger partial charge in [-0.15, -0.1) is 0 Å². The normalized spacial score (nSPS) is 13.6. The Morgan fingerprint density at radius 2 is 1.85 bits per heavy atom. The SMILES string of the molecule is Cc1ccc(CCCC(=O)c2cc(C)c(CC[C@@](C)(N)CO)n2C)cc1. The number of aliphatic hydroxyl groups is 1. The van der Waals surface area contributed by atoms with Crippen molar-refractivity contribution >= 4 is 5.78 Å². The van der Waals surface area contributed by atoms with E-state index in [2.05, 4.69) is 31.2 Å². The van der Waals surface area contributed by atoms with Crippen LogP contribution in [0.1, 0.15) is 59.1 Å². The summed E-state index contributed by atoms with van der Waals surface area (Å²) in [6, 6.07) is 10.5. The van der Waals surface area contributed by atoms with Gasteiger partial charge in [0, 0.05) is 24.7 Å². The van der Waals surface area contributed by atoms with Crippen molar-refractivity contribution in [1.82, 2.24) is 4.57 Å². The number of carbonyl (C=O) groups excluding carboxylic acids is 1. The van der Waals surface area contributed by atoms with Crippen molar-refractivity contribution in [3.05, 3.63) is 58.4 Å². The van der Waals surface area contributed by atoms with Gasteiger partial charge >= 0.3 is 0 Å². The van der Waals surface area contributed by atoms with Crippen molar-refractivity contribution < 1.29 is 9.90 Å². The predicted octanol–water partition coefficient (Wildman–Crippen LogP) is 3.49. The molecule has 0 unspecified atom stereocenters. The molecule has 0 aliphatic carbocycles. The van der Waals surface area contributed by atoms with Gasteiger partial charge in [0.25, 0.3) is 0 Å². The highest BCUT2D eigenvalue weighted by Crippen LogP contribution is 2.20. The Labute approximate surface area is 157 Å². The van der Waals surface area contributed by atoms with Crippen molar-refractivity contribution in [2.45, 2.75) is 58.4 Å². The maximum Gasteiger partial charge on any atom is 0.179 e. The first-order chi connectivity index (χ1) is 12.2. The molecule has 0 radical (unpaired) electrons. The average Bonchev–Trinajstić information content (AvgIpc) is 2.89. The Kier molecular flexibility index (Phi) is 6.79. The van der Waals surface area contributed by atoms with Crippen LogP contribution in [0.5, 0.6) is 0 Å². The van der Waals surface area contributed by atoms with Crippen LogP contribution in [0.4, 0.5) is 0 Å². The summed E-state index contributed by atoms with van der Waals surface area (Å²) >= 11 is 0. The van der Waals surface area contributed by atoms with Gasteiger partial charge in [-0.3, -0.25) is 4.79 Å². The zero-order valence-electron chi connectivity index (χ0n) is 16.5. The van der Waals surface area contributed by atoms with Gasteiger partial charge in [0.05, 0.1) is 12.3 Å². The molecule has 1 aromatic carbocycles. The summed E-state index contributed by atoms with van der Waals surface area (Å²) in [6.45, 7) is 5.92. The van der Waals surface area contributed by atoms with E-state index >= 15 is 0 Å². The number of benzene rings is 1. The van der Waals surface area contributed by atoms with Crippen LogP contribution >= 0.6 is 0 Å². The lowest BCUT2D eigenvalue weighted by Crippen LogP contribution is -2.40. The summed E-state index contributed by atoms with van der Waals surface area (Å²) in [5, 5.41) is 9.32. The maximum atomic E-state index is 12.6. The van der Waals surface area contributed by atoms with Gasteiger partial charge in [-0.1, -0.05) is 29.8 Å². The second-order valence-electron chi connectivity index (χ2n) is 7.79. The summed E-state index contributed by atoms with van der Waals surface area (Å²) in [4.78, 5) is 12.6. The van der Waals surface area contributed by atoms with E-state index in [1.165, 1.54) is 11.1 Å². The number of carbonyl (C=O) groups is 1. The molecule has 142 valence electrons. The van der Waals surface area contributed by atoms with Crippen LogP contribution in [0.3, 0.4) is 0 Å². The van der Waals surface area contributed by atoms with Crippen LogP contribution in [0.2, 0.25) is 0 Å². The standard InChI is InChI=1S/C22H32N2O2/c1-16-8-10-18(11-9-16)6-5-7-21(26)20-14-17(2)19(24(20)4)12-13-22(3,23)15-25/h8-11,14,25H,5-7,12-13,15,23H2,1-4H3/t22-/m1/s1. The average molecular weight is 357 g/mol. The van der Waals surface area contributed by atoms with Gasteiger partial charge in [0.2, 0.25) is 0 Å². The third-order valence-electron chi connectivity index (χ3n) is 5.14. The van der Waals surface area contributed by atoms with Gasteiger partial charge in [0.15, 0.2) is 5.78 Å². The minimum atomic E-state index is -0.588. The van der Waals surface area contributed by atoms with Crippen LogP contribution in [0, 0.1) is 13.8 Å². The number of hydrogen-bond acceptors (Lipinski definition) is 3. The van der Waals surface area contributed by atoms with Gasteiger partial charge < -0.3 is 15.4 Å². The van der Waals surface area contributed by atoms with E-state index in [1.807, 2.05) is 31.5 Å². The molecule has 0 saturated heterocycles. The third kappa shape index (κ3) is 5.29. The Morgan fingerprint density at radius 3 is 2.46 bits per heavy atom. The van der Waals surface area contributed by atoms with Gasteiger partial charge in [-0.2, -0.15) is 0 Å².